The summed E-state index contributed by atoms with van der Waals surface area (Å²) < 4.78 is 0. The first-order chi connectivity index (χ1) is 20.0. The summed E-state index contributed by atoms with van der Waals surface area (Å²) in [6.45, 7) is 5.78. The number of nitrogens with two attached hydrogens (primary N) is 1. The molecule has 3 aromatic rings. The number of nitrogens with zero attached hydrogens (tertiary/aromatic N) is 3. The Morgan fingerprint density at radius 3 is 2.24 bits per heavy atom. The summed E-state index contributed by atoms with van der Waals surface area (Å²) in [6, 6.07) is 17.3. The molecule has 2 aromatic carbocycles. The lowest BCUT2D eigenvalue weighted by molar-refractivity contribution is -0.144. The molecule has 1 aliphatic carbocycles. The van der Waals surface area contributed by atoms with Crippen LogP contribution in [0.2, 0.25) is 0 Å². The number of benzene rings is 2. The Morgan fingerprint density at radius 2 is 1.67 bits per heavy atom. The van der Waals surface area contributed by atoms with Crippen molar-refractivity contribution in [3.8, 4) is 0 Å². The molecule has 10 heteroatoms. The Kier molecular flexibility index (Phi) is 8.54. The smallest absolute Gasteiger partial charge is 0.408 e. The van der Waals surface area contributed by atoms with Crippen molar-refractivity contribution in [3.05, 3.63) is 82.4 Å². The van der Waals surface area contributed by atoms with E-state index < -0.39 is 29.6 Å². The molecule has 2 heterocycles. The van der Waals surface area contributed by atoms with Crippen LogP contribution >= 0.6 is 11.3 Å². The first-order valence-corrected chi connectivity index (χ1v) is 15.3. The molecule has 1 fully saturated rings. The zero-order chi connectivity index (χ0) is 30.0. The van der Waals surface area contributed by atoms with Gasteiger partial charge >= 0.3 is 6.09 Å². The monoisotopic (exact) mass is 589 g/mol. The molecule has 42 heavy (non-hydrogen) atoms. The third-order valence-corrected chi connectivity index (χ3v) is 9.18. The second-order valence-electron chi connectivity index (χ2n) is 12.1. The minimum absolute atomic E-state index is 0.0651. The zero-order valence-electron chi connectivity index (χ0n) is 24.3. The first-order valence-electron chi connectivity index (χ1n) is 14.5. The number of anilines is 1. The van der Waals surface area contributed by atoms with Gasteiger partial charge < -0.3 is 21.1 Å². The average molecular weight is 590 g/mol. The second-order valence-corrected chi connectivity index (χ2v) is 13.2. The number of fused-ring (bicyclic) bond motifs is 1. The Bertz CT molecular complexity index is 1380. The predicted molar refractivity (Wildman–Crippen MR) is 163 cm³/mol. The second kappa shape index (κ2) is 12.1. The highest BCUT2D eigenvalue weighted by Crippen LogP contribution is 2.37. The number of nitrogens with one attached hydrogen (secondary N) is 1. The topological polar surface area (TPSA) is 129 Å². The van der Waals surface area contributed by atoms with Gasteiger partial charge in [-0.3, -0.25) is 14.5 Å². The number of carboxylic acid groups (broad SMARTS) is 1. The van der Waals surface area contributed by atoms with E-state index >= 15 is 0 Å². The van der Waals surface area contributed by atoms with Crippen LogP contribution in [0.25, 0.3) is 0 Å². The summed E-state index contributed by atoms with van der Waals surface area (Å²) >= 11 is 1.46. The van der Waals surface area contributed by atoms with Crippen LogP contribution < -0.4 is 11.1 Å². The van der Waals surface area contributed by atoms with Crippen LogP contribution in [0.1, 0.15) is 67.6 Å². The lowest BCUT2D eigenvalue weighted by atomic mass is 9.82. The van der Waals surface area contributed by atoms with Crippen molar-refractivity contribution in [1.29, 1.82) is 0 Å². The van der Waals surface area contributed by atoms with E-state index in [1.807, 2.05) is 60.7 Å². The molecule has 2 aliphatic rings. The summed E-state index contributed by atoms with van der Waals surface area (Å²) in [5.74, 6) is -1.13. The van der Waals surface area contributed by atoms with E-state index in [0.717, 1.165) is 34.5 Å². The van der Waals surface area contributed by atoms with E-state index in [4.69, 9.17) is 5.73 Å². The van der Waals surface area contributed by atoms with Gasteiger partial charge in [0.2, 0.25) is 11.8 Å². The van der Waals surface area contributed by atoms with Crippen LogP contribution in [-0.4, -0.2) is 68.0 Å². The lowest BCUT2D eigenvalue weighted by Gasteiger charge is -2.44. The number of amides is 3. The van der Waals surface area contributed by atoms with Crippen molar-refractivity contribution in [2.75, 3.05) is 12.3 Å². The highest BCUT2D eigenvalue weighted by Gasteiger charge is 2.48. The number of hydrogen-bond acceptors (Lipinski definition) is 6. The first kappa shape index (κ1) is 29.6. The van der Waals surface area contributed by atoms with Gasteiger partial charge in [-0.05, 0) is 57.6 Å². The molecule has 1 unspecified atom stereocenters. The van der Waals surface area contributed by atoms with E-state index in [1.165, 1.54) is 16.2 Å². The van der Waals surface area contributed by atoms with E-state index in [1.54, 1.807) is 25.7 Å². The van der Waals surface area contributed by atoms with Gasteiger partial charge in [0.25, 0.3) is 0 Å². The molecule has 4 N–H and O–H groups in total. The summed E-state index contributed by atoms with van der Waals surface area (Å²) in [5.41, 5.74) is 7.68. The van der Waals surface area contributed by atoms with E-state index in [9.17, 15) is 19.5 Å². The van der Waals surface area contributed by atoms with Gasteiger partial charge in [-0.1, -0.05) is 60.7 Å². The minimum Gasteiger partial charge on any atom is -0.465 e. The fraction of sp³-hybridized carbons (Fsp3) is 0.438. The molecule has 0 bridgehead atoms. The van der Waals surface area contributed by atoms with Crippen molar-refractivity contribution in [2.45, 2.75) is 82.5 Å². The number of carbonyl (C=O) groups is 3. The maximum atomic E-state index is 14.7. The summed E-state index contributed by atoms with van der Waals surface area (Å²) in [7, 11) is 0. The summed E-state index contributed by atoms with van der Waals surface area (Å²) in [6.07, 6.45) is 2.19. The zero-order valence-corrected chi connectivity index (χ0v) is 25.1. The molecule has 3 amide bonds. The number of carbonyl (C=O) groups excluding carboxylic acids is 2. The van der Waals surface area contributed by atoms with Gasteiger partial charge in [-0.15, -0.1) is 11.3 Å². The predicted octanol–water partition coefficient (Wildman–Crippen LogP) is 4.67. The van der Waals surface area contributed by atoms with Gasteiger partial charge in [-0.2, -0.15) is 0 Å². The SMILES string of the molecule is CC(C)(C)N(C(=O)O)[C@H](C(=O)N1CCC[C@H]1C(=O)NC1CCc2nc(N)sc2C1)C(c1ccccc1)c1ccccc1. The van der Waals surface area contributed by atoms with E-state index in [0.29, 0.717) is 30.9 Å². The number of nitrogen functional groups attached to an aromatic ring is 1. The highest BCUT2D eigenvalue weighted by atomic mass is 32.1. The highest BCUT2D eigenvalue weighted by molar-refractivity contribution is 7.15. The number of hydrogen-bond donors (Lipinski definition) is 3. The molecule has 3 atom stereocenters. The van der Waals surface area contributed by atoms with Crippen LogP contribution in [-0.2, 0) is 22.4 Å². The van der Waals surface area contributed by atoms with Crippen LogP contribution in [0.5, 0.6) is 0 Å². The van der Waals surface area contributed by atoms with E-state index in [-0.39, 0.29) is 17.9 Å². The molecule has 0 radical (unpaired) electrons. The summed E-state index contributed by atoms with van der Waals surface area (Å²) in [4.78, 5) is 49.7. The van der Waals surface area contributed by atoms with Gasteiger partial charge in [-0.25, -0.2) is 9.78 Å². The third-order valence-electron chi connectivity index (χ3n) is 8.23. The van der Waals surface area contributed by atoms with Crippen LogP contribution in [0, 0.1) is 0 Å². The van der Waals surface area contributed by atoms with Gasteiger partial charge in [0.1, 0.15) is 12.1 Å². The van der Waals surface area contributed by atoms with Crippen LogP contribution in [0.3, 0.4) is 0 Å². The molecule has 1 saturated heterocycles. The number of aryl methyl sites for hydroxylation is 1. The van der Waals surface area contributed by atoms with Gasteiger partial charge in [0.05, 0.1) is 5.69 Å². The average Bonchev–Trinajstić information content (AvgIpc) is 3.58. The Labute approximate surface area is 250 Å². The lowest BCUT2D eigenvalue weighted by Crippen LogP contribution is -2.61. The van der Waals surface area contributed by atoms with Crippen LogP contribution in [0.4, 0.5) is 9.93 Å². The number of rotatable bonds is 7. The fourth-order valence-corrected chi connectivity index (χ4v) is 7.35. The van der Waals surface area contributed by atoms with Crippen molar-refractivity contribution in [1.82, 2.24) is 20.1 Å². The molecule has 1 aliphatic heterocycles. The molecule has 9 nitrogen and oxygen atoms in total. The normalized spacial score (nSPS) is 19.3. The van der Waals surface area contributed by atoms with Gasteiger partial charge in [0.15, 0.2) is 5.13 Å². The number of likely N-dealkylation sites (tertiary alicyclic amines) is 1. The van der Waals surface area contributed by atoms with Gasteiger partial charge in [0, 0.05) is 35.3 Å². The Morgan fingerprint density at radius 1 is 1.05 bits per heavy atom. The summed E-state index contributed by atoms with van der Waals surface area (Å²) in [5, 5.41) is 14.3. The molecule has 222 valence electrons. The van der Waals surface area contributed by atoms with Crippen molar-refractivity contribution >= 4 is 34.4 Å². The molecule has 1 aromatic heterocycles. The molecule has 0 spiro atoms. The molecular weight excluding hydrogens is 550 g/mol. The standard InChI is InChI=1S/C32H39N5O4S/c1-32(2,3)37(31(40)41)27(26(20-11-6-4-7-12-20)21-13-8-5-9-14-21)29(39)36-18-10-15-24(36)28(38)34-22-16-17-23-25(19-22)42-30(33)35-23/h4-9,11-14,22,24,26-27H,10,15-19H2,1-3H3,(H2,33,35)(H,34,38)(H,40,41)/t22?,24-,27-/m0/s1. The van der Waals surface area contributed by atoms with Crippen molar-refractivity contribution < 1.29 is 19.5 Å². The third kappa shape index (κ3) is 6.13. The maximum Gasteiger partial charge on any atom is 0.408 e. The van der Waals surface area contributed by atoms with E-state index in [2.05, 4.69) is 10.3 Å². The largest absolute Gasteiger partial charge is 0.465 e. The number of aromatic nitrogens is 1. The minimum atomic E-state index is -1.18. The van der Waals surface area contributed by atoms with Crippen molar-refractivity contribution in [3.63, 3.8) is 0 Å². The fourth-order valence-electron chi connectivity index (χ4n) is 6.39. The molecule has 0 saturated carbocycles. The molecular formula is C32H39N5O4S. The van der Waals surface area contributed by atoms with Crippen molar-refractivity contribution in [2.24, 2.45) is 0 Å². The van der Waals surface area contributed by atoms with Crippen LogP contribution in [0.15, 0.2) is 60.7 Å². The maximum absolute atomic E-state index is 14.7. The molecule has 5 rings (SSSR count). The Balaban J connectivity index is 1.48. The quantitative estimate of drug-likeness (QED) is 0.367. The Hall–Kier alpha value is -3.92. The number of thiazole rings is 1.